The highest BCUT2D eigenvalue weighted by molar-refractivity contribution is 5.87. The number of hydrogen-bond donors (Lipinski definition) is 1. The number of methoxy groups -OCH3 is 1. The molecule has 11 heteroatoms. The van der Waals surface area contributed by atoms with E-state index in [2.05, 4.69) is 51.8 Å². The van der Waals surface area contributed by atoms with Crippen LogP contribution in [0, 0.1) is 11.8 Å². The molecular formula is C60H115N3O8. The second-order valence-corrected chi connectivity index (χ2v) is 20.9. The summed E-state index contributed by atoms with van der Waals surface area (Å²) in [6.45, 7) is 17.7. The zero-order valence-electron chi connectivity index (χ0n) is 47.7. The second-order valence-electron chi connectivity index (χ2n) is 20.9. The highest BCUT2D eigenvalue weighted by atomic mass is 16.5. The lowest BCUT2D eigenvalue weighted by Crippen LogP contribution is -2.50. The monoisotopic (exact) mass is 1010 g/mol. The Morgan fingerprint density at radius 2 is 0.789 bits per heavy atom. The fourth-order valence-electron chi connectivity index (χ4n) is 9.71. The average Bonchev–Trinajstić information content (AvgIpc) is 3.37. The van der Waals surface area contributed by atoms with Crippen LogP contribution in [0.2, 0.25) is 0 Å². The highest BCUT2D eigenvalue weighted by Gasteiger charge is 2.29. The first-order valence-corrected chi connectivity index (χ1v) is 30.3. The lowest BCUT2D eigenvalue weighted by Gasteiger charge is -2.32. The minimum atomic E-state index is -0.650. The van der Waals surface area contributed by atoms with Crippen molar-refractivity contribution in [2.75, 3.05) is 53.0 Å². The van der Waals surface area contributed by atoms with E-state index in [1.807, 2.05) is 4.90 Å². The zero-order valence-corrected chi connectivity index (χ0v) is 47.7. The van der Waals surface area contributed by atoms with Gasteiger partial charge in [0, 0.05) is 38.8 Å². The van der Waals surface area contributed by atoms with Crippen molar-refractivity contribution in [3.05, 3.63) is 0 Å². The van der Waals surface area contributed by atoms with Gasteiger partial charge in [0.05, 0.1) is 20.3 Å². The third-order valence-corrected chi connectivity index (χ3v) is 14.6. The van der Waals surface area contributed by atoms with Gasteiger partial charge in [-0.05, 0) is 95.7 Å². The van der Waals surface area contributed by atoms with E-state index in [0.29, 0.717) is 89.5 Å². The molecule has 2 amide bonds. The third-order valence-electron chi connectivity index (χ3n) is 14.6. The van der Waals surface area contributed by atoms with Gasteiger partial charge in [-0.15, -0.1) is 0 Å². The maximum atomic E-state index is 14.2. The van der Waals surface area contributed by atoms with Crippen molar-refractivity contribution < 1.29 is 38.2 Å². The summed E-state index contributed by atoms with van der Waals surface area (Å²) in [4.78, 5) is 70.2. The number of carbonyl (C=O) groups excluding carboxylic acids is 5. The summed E-state index contributed by atoms with van der Waals surface area (Å²) < 4.78 is 16.5. The second kappa shape index (κ2) is 50.8. The summed E-state index contributed by atoms with van der Waals surface area (Å²) in [5.74, 6) is 0.0397. The van der Waals surface area contributed by atoms with Crippen LogP contribution in [-0.2, 0) is 38.2 Å². The summed E-state index contributed by atoms with van der Waals surface area (Å²) in [6, 6.07) is -0.650. The summed E-state index contributed by atoms with van der Waals surface area (Å²) in [6.07, 6.45) is 37.5. The van der Waals surface area contributed by atoms with Crippen LogP contribution in [0.5, 0.6) is 0 Å². The Balaban J connectivity index is 5.70. The molecule has 0 aromatic heterocycles. The Morgan fingerprint density at radius 3 is 1.25 bits per heavy atom. The summed E-state index contributed by atoms with van der Waals surface area (Å²) in [7, 11) is 1.40. The topological polar surface area (TPSA) is 132 Å². The first-order valence-electron chi connectivity index (χ1n) is 30.3. The maximum Gasteiger partial charge on any atom is 0.305 e. The number of nitrogens with zero attached hydrogens (tertiary/aromatic N) is 2. The molecular weight excluding hydrogens is 891 g/mol. The standard InChI is InChI=1S/C60H115N3O8/c1-8-14-18-22-24-31-41-53(39-29-20-16-10-3)51-70-58(66)46-36-28-33-43-55(63(50-38-49-62(12-5)13-6)56(64)44-34-26-27-35-45-57(65)69-7)60(68)61-48-37-47-59(67)71-52-54(40-30-21-17-11-4)42-32-25-23-19-15-9-2/h53-55H,8-52H2,1-7H3,(H,61,68). The van der Waals surface area contributed by atoms with E-state index in [1.54, 1.807) is 0 Å². The Hall–Kier alpha value is -2.69. The minimum Gasteiger partial charge on any atom is -0.469 e. The fourth-order valence-corrected chi connectivity index (χ4v) is 9.71. The van der Waals surface area contributed by atoms with Crippen LogP contribution in [-0.4, -0.2) is 98.6 Å². The van der Waals surface area contributed by atoms with Crippen LogP contribution in [0.3, 0.4) is 0 Å². The van der Waals surface area contributed by atoms with Crippen molar-refractivity contribution >= 4 is 29.7 Å². The van der Waals surface area contributed by atoms with Crippen LogP contribution < -0.4 is 5.32 Å². The predicted molar refractivity (Wildman–Crippen MR) is 295 cm³/mol. The van der Waals surface area contributed by atoms with Gasteiger partial charge >= 0.3 is 17.9 Å². The van der Waals surface area contributed by atoms with Gasteiger partial charge in [-0.25, -0.2) is 0 Å². The van der Waals surface area contributed by atoms with E-state index in [-0.39, 0.29) is 36.1 Å². The molecule has 0 heterocycles. The van der Waals surface area contributed by atoms with Crippen LogP contribution in [0.25, 0.3) is 0 Å². The fraction of sp³-hybridized carbons (Fsp3) is 0.917. The van der Waals surface area contributed by atoms with Crippen molar-refractivity contribution in [1.82, 2.24) is 15.1 Å². The number of carbonyl (C=O) groups is 5. The molecule has 0 rings (SSSR count). The molecule has 3 atom stereocenters. The number of hydrogen-bond acceptors (Lipinski definition) is 9. The SMILES string of the molecule is CCCCCCCCC(CCCCCC)COC(=O)CCCCCC(C(=O)NCCCC(=O)OCC(CCCCCC)CCCCCCCC)N(CCCN(CC)CC)C(=O)CCCCCCC(=O)OC. The van der Waals surface area contributed by atoms with Gasteiger partial charge in [0.15, 0.2) is 0 Å². The molecule has 0 aromatic rings. The molecule has 0 aliphatic heterocycles. The smallest absolute Gasteiger partial charge is 0.305 e. The normalized spacial score (nSPS) is 12.7. The number of rotatable bonds is 53. The maximum absolute atomic E-state index is 14.2. The predicted octanol–water partition coefficient (Wildman–Crippen LogP) is 15.0. The zero-order chi connectivity index (χ0) is 52.4. The molecule has 0 saturated heterocycles. The number of nitrogens with one attached hydrogen (secondary N) is 1. The number of ether oxygens (including phenoxy) is 3. The van der Waals surface area contributed by atoms with Crippen molar-refractivity contribution in [3.63, 3.8) is 0 Å². The summed E-state index contributed by atoms with van der Waals surface area (Å²) >= 11 is 0. The van der Waals surface area contributed by atoms with Gasteiger partial charge < -0.3 is 29.3 Å². The lowest BCUT2D eigenvalue weighted by molar-refractivity contribution is -0.146. The number of esters is 3. The third kappa shape index (κ3) is 41.4. The molecule has 0 spiro atoms. The van der Waals surface area contributed by atoms with E-state index in [0.717, 1.165) is 77.4 Å². The highest BCUT2D eigenvalue weighted by Crippen LogP contribution is 2.22. The van der Waals surface area contributed by atoms with Gasteiger partial charge in [0.2, 0.25) is 11.8 Å². The molecule has 11 nitrogen and oxygen atoms in total. The van der Waals surface area contributed by atoms with E-state index in [9.17, 15) is 24.0 Å². The van der Waals surface area contributed by atoms with Gasteiger partial charge in [-0.3, -0.25) is 24.0 Å². The van der Waals surface area contributed by atoms with E-state index < -0.39 is 6.04 Å². The summed E-state index contributed by atoms with van der Waals surface area (Å²) in [5.41, 5.74) is 0. The molecule has 0 aliphatic carbocycles. The quantitative estimate of drug-likeness (QED) is 0.0359. The largest absolute Gasteiger partial charge is 0.469 e. The van der Waals surface area contributed by atoms with Gasteiger partial charge in [0.25, 0.3) is 0 Å². The molecule has 0 fully saturated rings. The first-order chi connectivity index (χ1) is 34.6. The van der Waals surface area contributed by atoms with Crippen LogP contribution in [0.15, 0.2) is 0 Å². The molecule has 0 saturated carbocycles. The minimum absolute atomic E-state index is 0.0276. The Kier molecular flexibility index (Phi) is 48.9. The molecule has 71 heavy (non-hydrogen) atoms. The molecule has 418 valence electrons. The first kappa shape index (κ1) is 68.3. The van der Waals surface area contributed by atoms with Crippen molar-refractivity contribution in [3.8, 4) is 0 Å². The Labute approximate surface area is 437 Å². The molecule has 0 aliphatic rings. The van der Waals surface area contributed by atoms with Crippen molar-refractivity contribution in [2.45, 2.75) is 292 Å². The Bertz CT molecular complexity index is 1260. The van der Waals surface area contributed by atoms with Crippen LogP contribution >= 0.6 is 0 Å². The van der Waals surface area contributed by atoms with E-state index >= 15 is 0 Å². The molecule has 0 aromatic carbocycles. The Morgan fingerprint density at radius 1 is 0.408 bits per heavy atom. The summed E-state index contributed by atoms with van der Waals surface area (Å²) in [5, 5.41) is 3.11. The molecule has 1 N–H and O–H groups in total. The number of amides is 2. The van der Waals surface area contributed by atoms with Gasteiger partial charge in [-0.1, -0.05) is 196 Å². The number of unbranched alkanes of at least 4 members (excludes halogenated alkanes) is 21. The lowest BCUT2D eigenvalue weighted by atomic mass is 9.95. The van der Waals surface area contributed by atoms with Crippen LogP contribution in [0.1, 0.15) is 286 Å². The van der Waals surface area contributed by atoms with Crippen LogP contribution in [0.4, 0.5) is 0 Å². The van der Waals surface area contributed by atoms with Crippen molar-refractivity contribution in [1.29, 1.82) is 0 Å². The van der Waals surface area contributed by atoms with Crippen molar-refractivity contribution in [2.24, 2.45) is 11.8 Å². The molecule has 0 bridgehead atoms. The van der Waals surface area contributed by atoms with Gasteiger partial charge in [0.1, 0.15) is 6.04 Å². The van der Waals surface area contributed by atoms with E-state index in [1.165, 1.54) is 136 Å². The molecule has 3 unspecified atom stereocenters. The average molecular weight is 1010 g/mol. The van der Waals surface area contributed by atoms with Gasteiger partial charge in [-0.2, -0.15) is 0 Å². The molecule has 0 radical (unpaired) electrons. The van der Waals surface area contributed by atoms with E-state index in [4.69, 9.17) is 14.2 Å².